The summed E-state index contributed by atoms with van der Waals surface area (Å²) in [6.45, 7) is 2.97. The van der Waals surface area contributed by atoms with Gasteiger partial charge in [0.1, 0.15) is 11.9 Å². The second-order valence-electron chi connectivity index (χ2n) is 4.80. The van der Waals surface area contributed by atoms with Gasteiger partial charge in [0.15, 0.2) is 0 Å². The van der Waals surface area contributed by atoms with Gasteiger partial charge in [-0.2, -0.15) is 8.42 Å². The molecule has 0 aromatic carbocycles. The van der Waals surface area contributed by atoms with Gasteiger partial charge in [-0.25, -0.2) is 4.18 Å². The molecule has 0 aliphatic heterocycles. The van der Waals surface area contributed by atoms with Gasteiger partial charge in [-0.1, -0.05) is 25.7 Å². The summed E-state index contributed by atoms with van der Waals surface area (Å²) in [6.07, 6.45) is 3.67. The van der Waals surface area contributed by atoms with Crippen LogP contribution < -0.4 is 0 Å². The van der Waals surface area contributed by atoms with E-state index in [0.29, 0.717) is 12.8 Å². The maximum atomic E-state index is 10.7. The van der Waals surface area contributed by atoms with Crippen LogP contribution >= 0.6 is 0 Å². The Morgan fingerprint density at radius 3 is 2.21 bits per heavy atom. The van der Waals surface area contributed by atoms with Gasteiger partial charge in [0.25, 0.3) is 0 Å². The molecular formula is C12H24O6S. The van der Waals surface area contributed by atoms with E-state index in [9.17, 15) is 18.3 Å². The Morgan fingerprint density at radius 2 is 1.68 bits per heavy atom. The van der Waals surface area contributed by atoms with Crippen LogP contribution in [-0.4, -0.2) is 36.1 Å². The third kappa shape index (κ3) is 12.3. The lowest BCUT2D eigenvalue weighted by molar-refractivity contribution is -0.117. The number of aliphatic hydroxyl groups is 1. The van der Waals surface area contributed by atoms with E-state index in [1.807, 2.05) is 0 Å². The average Bonchev–Trinajstić information content (AvgIpc) is 2.24. The molecule has 0 bridgehead atoms. The minimum Gasteiger partial charge on any atom is -0.390 e. The molecule has 7 heteroatoms. The number of carbonyl (C=O) groups excluding carboxylic acids is 1. The lowest BCUT2D eigenvalue weighted by atomic mass is 10.0. The Kier molecular flexibility index (Phi) is 9.16. The maximum Gasteiger partial charge on any atom is 0.397 e. The topological polar surface area (TPSA) is 101 Å². The van der Waals surface area contributed by atoms with Crippen LogP contribution in [0.4, 0.5) is 0 Å². The first-order valence-electron chi connectivity index (χ1n) is 6.55. The fraction of sp³-hybridized carbons (Fsp3) is 0.917. The third-order valence-electron chi connectivity index (χ3n) is 2.84. The van der Waals surface area contributed by atoms with Crippen LogP contribution in [-0.2, 0) is 19.4 Å². The molecule has 19 heavy (non-hydrogen) atoms. The van der Waals surface area contributed by atoms with Crippen LogP contribution in [0.2, 0.25) is 0 Å². The summed E-state index contributed by atoms with van der Waals surface area (Å²) in [5, 5.41) is 9.61. The smallest absolute Gasteiger partial charge is 0.390 e. The summed E-state index contributed by atoms with van der Waals surface area (Å²) >= 11 is 0. The molecule has 0 aliphatic carbocycles. The standard InChI is InChI=1S/C12H24O6S/c1-10(13)8-6-4-3-5-7-9-12(14)11(2)18-19(15,16)17/h11-12,14H,3-9H2,1-2H3,(H,15,16,17). The van der Waals surface area contributed by atoms with Crippen LogP contribution in [0.15, 0.2) is 0 Å². The zero-order valence-corrected chi connectivity index (χ0v) is 12.4. The monoisotopic (exact) mass is 296 g/mol. The van der Waals surface area contributed by atoms with Gasteiger partial charge >= 0.3 is 10.4 Å². The van der Waals surface area contributed by atoms with Crippen molar-refractivity contribution in [2.75, 3.05) is 0 Å². The highest BCUT2D eigenvalue weighted by atomic mass is 32.3. The lowest BCUT2D eigenvalue weighted by Gasteiger charge is -2.17. The summed E-state index contributed by atoms with van der Waals surface area (Å²) in [7, 11) is -4.51. The molecule has 2 unspecified atom stereocenters. The van der Waals surface area contributed by atoms with E-state index in [4.69, 9.17) is 4.55 Å². The van der Waals surface area contributed by atoms with Crippen LogP contribution in [0.3, 0.4) is 0 Å². The van der Waals surface area contributed by atoms with E-state index >= 15 is 0 Å². The molecule has 0 radical (unpaired) electrons. The van der Waals surface area contributed by atoms with E-state index in [0.717, 1.165) is 32.1 Å². The molecule has 0 aromatic heterocycles. The van der Waals surface area contributed by atoms with Gasteiger partial charge in [0.05, 0.1) is 6.10 Å². The van der Waals surface area contributed by atoms with E-state index in [-0.39, 0.29) is 5.78 Å². The highest BCUT2D eigenvalue weighted by molar-refractivity contribution is 7.80. The van der Waals surface area contributed by atoms with Crippen molar-refractivity contribution in [3.05, 3.63) is 0 Å². The highest BCUT2D eigenvalue weighted by Gasteiger charge is 2.20. The Balaban J connectivity index is 3.58. The van der Waals surface area contributed by atoms with Crippen LogP contribution in [0.5, 0.6) is 0 Å². The highest BCUT2D eigenvalue weighted by Crippen LogP contribution is 2.13. The molecular weight excluding hydrogens is 272 g/mol. The van der Waals surface area contributed by atoms with Crippen molar-refractivity contribution in [2.45, 2.75) is 71.0 Å². The molecule has 0 rings (SSSR count). The Morgan fingerprint density at radius 1 is 1.16 bits per heavy atom. The van der Waals surface area contributed by atoms with Crippen molar-refractivity contribution in [1.82, 2.24) is 0 Å². The molecule has 0 heterocycles. The molecule has 6 nitrogen and oxygen atoms in total. The molecule has 0 aromatic rings. The first-order chi connectivity index (χ1) is 8.72. The molecule has 114 valence electrons. The summed E-state index contributed by atoms with van der Waals surface area (Å²) in [4.78, 5) is 10.7. The van der Waals surface area contributed by atoms with Gasteiger partial charge in [0, 0.05) is 6.42 Å². The minimum atomic E-state index is -4.51. The Bertz CT molecular complexity index is 351. The van der Waals surface area contributed by atoms with Crippen LogP contribution in [0.25, 0.3) is 0 Å². The molecule has 2 N–H and O–H groups in total. The van der Waals surface area contributed by atoms with E-state index in [2.05, 4.69) is 4.18 Å². The molecule has 0 spiro atoms. The van der Waals surface area contributed by atoms with Crippen molar-refractivity contribution in [3.8, 4) is 0 Å². The summed E-state index contributed by atoms with van der Waals surface area (Å²) in [6, 6.07) is 0. The van der Waals surface area contributed by atoms with Crippen LogP contribution in [0.1, 0.15) is 58.8 Å². The maximum absolute atomic E-state index is 10.7. The number of unbranched alkanes of at least 4 members (excludes halogenated alkanes) is 4. The fourth-order valence-corrected chi connectivity index (χ4v) is 2.26. The summed E-state index contributed by atoms with van der Waals surface area (Å²) < 4.78 is 33.6. The number of hydrogen-bond acceptors (Lipinski definition) is 5. The molecule has 0 amide bonds. The Labute approximate surface area is 115 Å². The summed E-state index contributed by atoms with van der Waals surface area (Å²) in [5.74, 6) is 0.201. The van der Waals surface area contributed by atoms with Crippen molar-refractivity contribution < 1.29 is 27.1 Å². The molecule has 0 fully saturated rings. The number of ketones is 1. The number of rotatable bonds is 11. The molecule has 0 aliphatic rings. The third-order valence-corrected chi connectivity index (χ3v) is 3.39. The quantitative estimate of drug-likeness (QED) is 0.446. The van der Waals surface area contributed by atoms with Crippen molar-refractivity contribution >= 4 is 16.2 Å². The number of carbonyl (C=O) groups is 1. The van der Waals surface area contributed by atoms with Gasteiger partial charge in [-0.05, 0) is 26.7 Å². The molecule has 2 atom stereocenters. The largest absolute Gasteiger partial charge is 0.397 e. The second-order valence-corrected chi connectivity index (χ2v) is 5.85. The summed E-state index contributed by atoms with van der Waals surface area (Å²) in [5.41, 5.74) is 0. The average molecular weight is 296 g/mol. The van der Waals surface area contributed by atoms with E-state index < -0.39 is 22.6 Å². The first-order valence-corrected chi connectivity index (χ1v) is 7.92. The number of hydrogen-bond donors (Lipinski definition) is 2. The normalized spacial score (nSPS) is 15.2. The fourth-order valence-electron chi connectivity index (χ4n) is 1.75. The van der Waals surface area contributed by atoms with Gasteiger partial charge < -0.3 is 9.90 Å². The number of Topliss-reactive ketones (excluding diaryl/α,β-unsaturated/α-hetero) is 1. The zero-order valence-electron chi connectivity index (χ0n) is 11.5. The van der Waals surface area contributed by atoms with E-state index in [1.54, 1.807) is 6.92 Å². The Hall–Kier alpha value is -0.500. The van der Waals surface area contributed by atoms with Gasteiger partial charge in [-0.15, -0.1) is 0 Å². The van der Waals surface area contributed by atoms with Gasteiger partial charge in [-0.3, -0.25) is 4.55 Å². The molecule has 0 saturated carbocycles. The number of aliphatic hydroxyl groups excluding tert-OH is 1. The van der Waals surface area contributed by atoms with Crippen molar-refractivity contribution in [3.63, 3.8) is 0 Å². The van der Waals surface area contributed by atoms with Gasteiger partial charge in [0.2, 0.25) is 0 Å². The second kappa shape index (κ2) is 9.41. The van der Waals surface area contributed by atoms with E-state index in [1.165, 1.54) is 6.92 Å². The predicted octanol–water partition coefficient (Wildman–Crippen LogP) is 1.87. The first kappa shape index (κ1) is 18.5. The SMILES string of the molecule is CC(=O)CCCCCCCC(O)C(C)OS(=O)(=O)O. The molecule has 0 saturated heterocycles. The van der Waals surface area contributed by atoms with Crippen molar-refractivity contribution in [2.24, 2.45) is 0 Å². The van der Waals surface area contributed by atoms with Crippen LogP contribution in [0, 0.1) is 0 Å². The van der Waals surface area contributed by atoms with Crippen molar-refractivity contribution in [1.29, 1.82) is 0 Å². The lowest BCUT2D eigenvalue weighted by Crippen LogP contribution is -2.28. The minimum absolute atomic E-state index is 0.201. The zero-order chi connectivity index (χ0) is 14.9. The predicted molar refractivity (Wildman–Crippen MR) is 71.1 cm³/mol.